The molecule has 3 aliphatic heterocycles. The molecule has 0 saturated carbocycles. The summed E-state index contributed by atoms with van der Waals surface area (Å²) in [6.45, 7) is 3.98. The summed E-state index contributed by atoms with van der Waals surface area (Å²) in [7, 11) is 0. The molecule has 3 aliphatic rings. The summed E-state index contributed by atoms with van der Waals surface area (Å²) in [5.41, 5.74) is 1.86. The second kappa shape index (κ2) is 13.3. The van der Waals surface area contributed by atoms with Gasteiger partial charge in [-0.3, -0.25) is 14.5 Å². The number of nitrogens with zero attached hydrogens (tertiary/aromatic N) is 3. The predicted molar refractivity (Wildman–Crippen MR) is 166 cm³/mol. The maximum Gasteiger partial charge on any atom is 0.416 e. The molecular weight excluding hydrogens is 595 g/mol. The van der Waals surface area contributed by atoms with Gasteiger partial charge in [0.25, 0.3) is 5.91 Å². The van der Waals surface area contributed by atoms with Crippen molar-refractivity contribution in [2.24, 2.45) is 5.92 Å². The normalized spacial score (nSPS) is 19.2. The van der Waals surface area contributed by atoms with Gasteiger partial charge < -0.3 is 14.5 Å². The Kier molecular flexibility index (Phi) is 9.18. The standard InChI is InChI=1S/C36H38F3N3O4/c37-36(38,39)31-12-8-26(9-13-31)24-40-21-16-35(17-22-40)18-23-42(34(45)46-35)25-27-6-10-30(11-7-27)33(44)41-19-14-29(15-20-41)32(43)28-4-2-1-3-5-28/h1-13,29H,14-25H2. The highest BCUT2D eigenvalue weighted by Gasteiger charge is 2.43. The topological polar surface area (TPSA) is 70.2 Å². The molecular formula is C36H38F3N3O4. The van der Waals surface area contributed by atoms with E-state index in [0.29, 0.717) is 83.5 Å². The number of ether oxygens (including phenoxy) is 1. The molecule has 10 heteroatoms. The zero-order valence-electron chi connectivity index (χ0n) is 25.7. The SMILES string of the molecule is O=C(c1ccccc1)C1CCN(C(=O)c2ccc(CN3CCC4(CCN(Cc5ccc(C(F)(F)F)cc5)CC4)OC3=O)cc2)CC1. The average Bonchev–Trinajstić information content (AvgIpc) is 3.07. The molecule has 3 heterocycles. The second-order valence-corrected chi connectivity index (χ2v) is 12.7. The van der Waals surface area contributed by atoms with E-state index in [-0.39, 0.29) is 23.7 Å². The van der Waals surface area contributed by atoms with Crippen molar-refractivity contribution in [1.82, 2.24) is 14.7 Å². The first-order valence-electron chi connectivity index (χ1n) is 15.9. The number of rotatable bonds is 7. The summed E-state index contributed by atoms with van der Waals surface area (Å²) in [4.78, 5) is 44.6. The van der Waals surface area contributed by atoms with Crippen LogP contribution in [0, 0.1) is 5.92 Å². The number of hydrogen-bond acceptors (Lipinski definition) is 5. The molecule has 1 spiro atoms. The molecule has 2 amide bonds. The highest BCUT2D eigenvalue weighted by atomic mass is 19.4. The molecule has 6 rings (SSSR count). The number of likely N-dealkylation sites (tertiary alicyclic amines) is 2. The molecule has 0 unspecified atom stereocenters. The van der Waals surface area contributed by atoms with Gasteiger partial charge in [-0.25, -0.2) is 4.79 Å². The largest absolute Gasteiger partial charge is 0.443 e. The van der Waals surface area contributed by atoms with E-state index in [1.807, 2.05) is 42.5 Å². The molecule has 3 aromatic carbocycles. The average molecular weight is 634 g/mol. The zero-order chi connectivity index (χ0) is 32.3. The molecule has 0 N–H and O–H groups in total. The lowest BCUT2D eigenvalue weighted by atomic mass is 9.86. The van der Waals surface area contributed by atoms with Gasteiger partial charge >= 0.3 is 12.3 Å². The summed E-state index contributed by atoms with van der Waals surface area (Å²) in [5, 5.41) is 0. The Morgan fingerprint density at radius 2 is 1.33 bits per heavy atom. The van der Waals surface area contributed by atoms with Crippen LogP contribution < -0.4 is 0 Å². The molecule has 0 bridgehead atoms. The third-order valence-corrected chi connectivity index (χ3v) is 9.64. The molecule has 0 atom stereocenters. The van der Waals surface area contributed by atoms with Crippen LogP contribution in [0.15, 0.2) is 78.9 Å². The molecule has 7 nitrogen and oxygen atoms in total. The van der Waals surface area contributed by atoms with E-state index in [9.17, 15) is 27.6 Å². The van der Waals surface area contributed by atoms with Crippen LogP contribution in [0.3, 0.4) is 0 Å². The van der Waals surface area contributed by atoms with Gasteiger partial charge in [-0.05, 0) is 48.2 Å². The fourth-order valence-corrected chi connectivity index (χ4v) is 6.74. The lowest BCUT2D eigenvalue weighted by Crippen LogP contribution is -2.54. The van der Waals surface area contributed by atoms with E-state index in [4.69, 9.17) is 4.74 Å². The van der Waals surface area contributed by atoms with E-state index in [0.717, 1.165) is 28.8 Å². The van der Waals surface area contributed by atoms with Crippen molar-refractivity contribution < 1.29 is 32.3 Å². The molecule has 0 aromatic heterocycles. The van der Waals surface area contributed by atoms with Crippen LogP contribution in [-0.2, 0) is 24.0 Å². The zero-order valence-corrected chi connectivity index (χ0v) is 25.7. The number of carbonyl (C=O) groups excluding carboxylic acids is 3. The molecule has 3 aromatic rings. The fraction of sp³-hybridized carbons (Fsp3) is 0.417. The fourth-order valence-electron chi connectivity index (χ4n) is 6.74. The monoisotopic (exact) mass is 633 g/mol. The molecule has 46 heavy (non-hydrogen) atoms. The third-order valence-electron chi connectivity index (χ3n) is 9.64. The number of piperidine rings is 2. The molecule has 242 valence electrons. The predicted octanol–water partition coefficient (Wildman–Crippen LogP) is 6.82. The number of ketones is 1. The van der Waals surface area contributed by atoms with E-state index in [1.54, 1.807) is 21.9 Å². The highest BCUT2D eigenvalue weighted by Crippen LogP contribution is 2.35. The Morgan fingerprint density at radius 3 is 1.93 bits per heavy atom. The Morgan fingerprint density at radius 1 is 0.739 bits per heavy atom. The Hall–Kier alpha value is -4.18. The lowest BCUT2D eigenvalue weighted by Gasteiger charge is -2.46. The summed E-state index contributed by atoms with van der Waals surface area (Å²) in [5.74, 6) is 0.0139. The van der Waals surface area contributed by atoms with Gasteiger partial charge in [-0.1, -0.05) is 54.6 Å². The van der Waals surface area contributed by atoms with Gasteiger partial charge in [0.15, 0.2) is 5.78 Å². The van der Waals surface area contributed by atoms with Crippen LogP contribution in [0.25, 0.3) is 0 Å². The maximum absolute atomic E-state index is 13.2. The summed E-state index contributed by atoms with van der Waals surface area (Å²) in [6.07, 6.45) is -1.32. The molecule has 0 aliphatic carbocycles. The van der Waals surface area contributed by atoms with E-state index in [1.165, 1.54) is 12.1 Å². The first kappa shape index (κ1) is 31.8. The summed E-state index contributed by atoms with van der Waals surface area (Å²) in [6, 6.07) is 21.9. The summed E-state index contributed by atoms with van der Waals surface area (Å²) < 4.78 is 44.6. The number of carbonyl (C=O) groups is 3. The van der Waals surface area contributed by atoms with Crippen molar-refractivity contribution in [2.75, 3.05) is 32.7 Å². The number of halogens is 3. The number of alkyl halides is 3. The first-order valence-corrected chi connectivity index (χ1v) is 15.9. The highest BCUT2D eigenvalue weighted by molar-refractivity contribution is 5.98. The van der Waals surface area contributed by atoms with Gasteiger partial charge in [0.2, 0.25) is 0 Å². The van der Waals surface area contributed by atoms with Crippen molar-refractivity contribution in [3.8, 4) is 0 Å². The molecule has 3 fully saturated rings. The van der Waals surface area contributed by atoms with Crippen molar-refractivity contribution in [2.45, 2.75) is 57.0 Å². The van der Waals surface area contributed by atoms with Crippen LogP contribution in [0.2, 0.25) is 0 Å². The van der Waals surface area contributed by atoms with Gasteiger partial charge in [0.1, 0.15) is 5.60 Å². The Labute approximate surface area is 266 Å². The smallest absolute Gasteiger partial charge is 0.416 e. The van der Waals surface area contributed by atoms with E-state index in [2.05, 4.69) is 4.90 Å². The number of Topliss-reactive ketones (excluding diaryl/α,β-unsaturated/α-hetero) is 1. The van der Waals surface area contributed by atoms with Crippen molar-refractivity contribution >= 4 is 17.8 Å². The quantitative estimate of drug-likeness (QED) is 0.267. The minimum Gasteiger partial charge on any atom is -0.443 e. The second-order valence-electron chi connectivity index (χ2n) is 12.7. The number of amides is 2. The van der Waals surface area contributed by atoms with Crippen molar-refractivity contribution in [1.29, 1.82) is 0 Å². The Balaban J connectivity index is 0.950. The minimum atomic E-state index is -4.34. The Bertz CT molecular complexity index is 1530. The van der Waals surface area contributed by atoms with Gasteiger partial charge in [0.05, 0.1) is 5.56 Å². The lowest BCUT2D eigenvalue weighted by molar-refractivity contribution is -0.137. The van der Waals surface area contributed by atoms with Crippen molar-refractivity contribution in [3.63, 3.8) is 0 Å². The number of hydrogen-bond donors (Lipinski definition) is 0. The van der Waals surface area contributed by atoms with Crippen LogP contribution >= 0.6 is 0 Å². The van der Waals surface area contributed by atoms with E-state index < -0.39 is 17.3 Å². The van der Waals surface area contributed by atoms with Crippen LogP contribution in [-0.4, -0.2) is 70.8 Å². The van der Waals surface area contributed by atoms with Gasteiger partial charge in [0, 0.05) is 82.1 Å². The van der Waals surface area contributed by atoms with Gasteiger partial charge in [-0.15, -0.1) is 0 Å². The maximum atomic E-state index is 13.2. The van der Waals surface area contributed by atoms with E-state index >= 15 is 0 Å². The third kappa shape index (κ3) is 7.28. The number of benzene rings is 3. The van der Waals surface area contributed by atoms with Gasteiger partial charge in [-0.2, -0.15) is 13.2 Å². The first-order chi connectivity index (χ1) is 22.1. The molecule has 0 radical (unpaired) electrons. The molecule has 3 saturated heterocycles. The summed E-state index contributed by atoms with van der Waals surface area (Å²) >= 11 is 0. The van der Waals surface area contributed by atoms with Crippen LogP contribution in [0.1, 0.15) is 69.5 Å². The van der Waals surface area contributed by atoms with Crippen LogP contribution in [0.4, 0.5) is 18.0 Å². The van der Waals surface area contributed by atoms with Crippen LogP contribution in [0.5, 0.6) is 0 Å². The van der Waals surface area contributed by atoms with Crippen molar-refractivity contribution in [3.05, 3.63) is 107 Å². The minimum absolute atomic E-state index is 0.0545.